The Morgan fingerprint density at radius 3 is 1.71 bits per heavy atom. The second-order valence-electron chi connectivity index (χ2n) is 13.1. The molecule has 1 aliphatic carbocycles. The number of fused-ring (bicyclic) bond motifs is 13. The van der Waals surface area contributed by atoms with Gasteiger partial charge < -0.3 is 0 Å². The highest BCUT2D eigenvalue weighted by Gasteiger charge is 2.20. The van der Waals surface area contributed by atoms with Gasteiger partial charge in [0, 0.05) is 31.3 Å². The predicted octanol–water partition coefficient (Wildman–Crippen LogP) is 13.0. The van der Waals surface area contributed by atoms with Crippen LogP contribution in [0.2, 0.25) is 0 Å². The van der Waals surface area contributed by atoms with Gasteiger partial charge in [-0.1, -0.05) is 109 Å². The lowest BCUT2D eigenvalue weighted by molar-refractivity contribution is 1.26. The molecule has 0 fully saturated rings. The first kappa shape index (κ1) is 26.3. The summed E-state index contributed by atoms with van der Waals surface area (Å²) >= 11 is 1.88. The Balaban J connectivity index is 1.02. The maximum atomic E-state index is 5.22. The molecular weight excluding hydrogens is 599 g/mol. The van der Waals surface area contributed by atoms with Crippen molar-refractivity contribution in [3.05, 3.63) is 163 Å². The average molecular weight is 626 g/mol. The minimum Gasteiger partial charge on any atom is -0.248 e. The van der Waals surface area contributed by atoms with Crippen LogP contribution in [0.25, 0.3) is 96.9 Å². The van der Waals surface area contributed by atoms with Gasteiger partial charge in [0.25, 0.3) is 0 Å². The lowest BCUT2D eigenvalue weighted by Crippen LogP contribution is -1.89. The highest BCUT2D eigenvalue weighted by atomic mass is 32.1. The molecule has 2 heteroatoms. The Hall–Kier alpha value is -5.83. The van der Waals surface area contributed by atoms with Gasteiger partial charge in [-0.3, -0.25) is 0 Å². The van der Waals surface area contributed by atoms with E-state index >= 15 is 0 Å². The van der Waals surface area contributed by atoms with E-state index in [1.807, 2.05) is 11.3 Å². The summed E-state index contributed by atoms with van der Waals surface area (Å²) in [6.07, 6.45) is 0.987. The van der Waals surface area contributed by atoms with E-state index in [-0.39, 0.29) is 0 Å². The first-order valence-electron chi connectivity index (χ1n) is 16.6. The third-order valence-electron chi connectivity index (χ3n) is 10.4. The normalized spacial score (nSPS) is 12.5. The molecule has 0 amide bonds. The fraction of sp³-hybridized carbons (Fsp3) is 0.0217. The Labute approximate surface area is 281 Å². The molecule has 0 saturated carbocycles. The van der Waals surface area contributed by atoms with Gasteiger partial charge >= 0.3 is 0 Å². The largest absolute Gasteiger partial charge is 0.248 e. The highest BCUT2D eigenvalue weighted by Crippen LogP contribution is 2.44. The van der Waals surface area contributed by atoms with Crippen LogP contribution in [0.4, 0.5) is 0 Å². The fourth-order valence-electron chi connectivity index (χ4n) is 8.12. The molecule has 222 valence electrons. The molecule has 2 heterocycles. The zero-order valence-corrected chi connectivity index (χ0v) is 26.8. The number of aromatic nitrogens is 1. The van der Waals surface area contributed by atoms with Gasteiger partial charge in [0.05, 0.1) is 11.4 Å². The summed E-state index contributed by atoms with van der Waals surface area (Å²) in [7, 11) is 0. The number of thiophene rings is 1. The van der Waals surface area contributed by atoms with Crippen LogP contribution in [0.15, 0.2) is 152 Å². The predicted molar refractivity (Wildman–Crippen MR) is 206 cm³/mol. The van der Waals surface area contributed by atoms with E-state index in [4.69, 9.17) is 4.98 Å². The topological polar surface area (TPSA) is 12.9 Å². The van der Waals surface area contributed by atoms with Crippen LogP contribution in [-0.2, 0) is 6.42 Å². The number of benzene rings is 8. The van der Waals surface area contributed by atoms with E-state index in [0.717, 1.165) is 28.9 Å². The van der Waals surface area contributed by atoms with Gasteiger partial charge in [-0.05, 0) is 114 Å². The van der Waals surface area contributed by atoms with E-state index < -0.39 is 0 Å². The average Bonchev–Trinajstić information content (AvgIpc) is 3.69. The molecule has 0 spiro atoms. The summed E-state index contributed by atoms with van der Waals surface area (Å²) in [5, 5.41) is 13.1. The Kier molecular flexibility index (Phi) is 5.38. The van der Waals surface area contributed by atoms with Gasteiger partial charge in [-0.25, -0.2) is 4.98 Å². The molecule has 0 N–H and O–H groups in total. The summed E-state index contributed by atoms with van der Waals surface area (Å²) in [4.78, 5) is 5.22. The number of pyridine rings is 1. The van der Waals surface area contributed by atoms with Crippen molar-refractivity contribution in [1.29, 1.82) is 0 Å². The monoisotopic (exact) mass is 625 g/mol. The molecule has 1 aliphatic rings. The first-order valence-corrected chi connectivity index (χ1v) is 17.4. The summed E-state index contributed by atoms with van der Waals surface area (Å²) in [6, 6.07) is 56.0. The van der Waals surface area contributed by atoms with Crippen LogP contribution in [-0.4, -0.2) is 4.98 Å². The molecule has 0 aliphatic heterocycles. The second-order valence-corrected chi connectivity index (χ2v) is 14.2. The SMILES string of the molecule is c1cc(-c2ccc3c(c2)-c2cc4ccccc4cc2C3)nc(-c2ccc3c(c2)sc2cc4c5ccccc5c5ccccc5c4cc23)c1. The molecule has 0 bridgehead atoms. The molecule has 0 saturated heterocycles. The quantitative estimate of drug-likeness (QED) is 0.174. The molecule has 2 aromatic heterocycles. The zero-order chi connectivity index (χ0) is 31.3. The summed E-state index contributed by atoms with van der Waals surface area (Å²) in [5.74, 6) is 0. The Bertz CT molecular complexity index is 2980. The summed E-state index contributed by atoms with van der Waals surface area (Å²) < 4.78 is 2.61. The van der Waals surface area contributed by atoms with Gasteiger partial charge in [-0.2, -0.15) is 0 Å². The van der Waals surface area contributed by atoms with Gasteiger partial charge in [0.2, 0.25) is 0 Å². The maximum Gasteiger partial charge on any atom is 0.0710 e. The minimum atomic E-state index is 0.987. The van der Waals surface area contributed by atoms with Crippen molar-refractivity contribution in [1.82, 2.24) is 4.98 Å². The van der Waals surface area contributed by atoms with Crippen molar-refractivity contribution in [2.45, 2.75) is 6.42 Å². The number of hydrogen-bond acceptors (Lipinski definition) is 2. The van der Waals surface area contributed by atoms with Gasteiger partial charge in [-0.15, -0.1) is 11.3 Å². The van der Waals surface area contributed by atoms with Crippen LogP contribution in [0.5, 0.6) is 0 Å². The van der Waals surface area contributed by atoms with Crippen molar-refractivity contribution in [2.24, 2.45) is 0 Å². The fourth-order valence-corrected chi connectivity index (χ4v) is 9.29. The van der Waals surface area contributed by atoms with Gasteiger partial charge in [0.1, 0.15) is 0 Å². The van der Waals surface area contributed by atoms with Crippen molar-refractivity contribution < 1.29 is 0 Å². The lowest BCUT2D eigenvalue weighted by Gasteiger charge is -2.10. The maximum absolute atomic E-state index is 5.22. The van der Waals surface area contributed by atoms with Crippen molar-refractivity contribution in [3.63, 3.8) is 0 Å². The summed E-state index contributed by atoms with van der Waals surface area (Å²) in [5.41, 5.74) is 9.80. The molecule has 0 atom stereocenters. The number of hydrogen-bond donors (Lipinski definition) is 0. The molecule has 0 unspecified atom stereocenters. The third kappa shape index (κ3) is 3.81. The highest BCUT2D eigenvalue weighted by molar-refractivity contribution is 7.26. The molecular formula is C46H27NS. The van der Waals surface area contributed by atoms with Crippen LogP contribution in [0.1, 0.15) is 11.1 Å². The van der Waals surface area contributed by atoms with Crippen LogP contribution in [0.3, 0.4) is 0 Å². The van der Waals surface area contributed by atoms with E-state index in [2.05, 4.69) is 152 Å². The lowest BCUT2D eigenvalue weighted by atomic mass is 9.93. The van der Waals surface area contributed by atoms with Crippen molar-refractivity contribution in [3.8, 4) is 33.6 Å². The van der Waals surface area contributed by atoms with Crippen LogP contribution >= 0.6 is 11.3 Å². The molecule has 48 heavy (non-hydrogen) atoms. The molecule has 1 nitrogen and oxygen atoms in total. The van der Waals surface area contributed by atoms with E-state index in [9.17, 15) is 0 Å². The number of nitrogens with zero attached hydrogens (tertiary/aromatic N) is 1. The van der Waals surface area contributed by atoms with Crippen LogP contribution < -0.4 is 0 Å². The third-order valence-corrected chi connectivity index (χ3v) is 11.5. The molecule has 8 aromatic carbocycles. The smallest absolute Gasteiger partial charge is 0.0710 e. The summed E-state index contributed by atoms with van der Waals surface area (Å²) in [6.45, 7) is 0. The van der Waals surface area contributed by atoms with Crippen LogP contribution in [0, 0.1) is 0 Å². The second kappa shape index (κ2) is 9.84. The zero-order valence-electron chi connectivity index (χ0n) is 26.0. The van der Waals surface area contributed by atoms with E-state index in [1.54, 1.807) is 0 Å². The van der Waals surface area contributed by atoms with Gasteiger partial charge in [0.15, 0.2) is 0 Å². The Morgan fingerprint density at radius 1 is 0.375 bits per heavy atom. The first-order chi connectivity index (χ1) is 23.7. The molecule has 0 radical (unpaired) electrons. The minimum absolute atomic E-state index is 0.987. The van der Waals surface area contributed by atoms with E-state index in [0.29, 0.717) is 0 Å². The van der Waals surface area contributed by atoms with Crippen molar-refractivity contribution in [2.75, 3.05) is 0 Å². The molecule has 11 rings (SSSR count). The number of rotatable bonds is 2. The van der Waals surface area contributed by atoms with Crippen molar-refractivity contribution >= 4 is 74.6 Å². The van der Waals surface area contributed by atoms with E-state index in [1.165, 1.54) is 85.5 Å². The Morgan fingerprint density at radius 2 is 0.958 bits per heavy atom. The molecule has 10 aromatic rings. The standard InChI is InChI=1S/C46H27NS/c1-2-9-28-22-39-32(20-27(28)8-1)21-29-16-17-30(23-38(29)39)43-14-7-15-44(47-43)31-18-19-37-42-25-40-35-12-5-3-10-33(35)34-11-4-6-13-36(34)41(40)26-46(42)48-45(37)24-31/h1-20,22-26H,21H2.